The average Bonchev–Trinajstić information content (AvgIpc) is 2.30. The van der Waals surface area contributed by atoms with Gasteiger partial charge in [-0.1, -0.05) is 26.0 Å². The van der Waals surface area contributed by atoms with Crippen LogP contribution in [0.1, 0.15) is 19.4 Å². The summed E-state index contributed by atoms with van der Waals surface area (Å²) < 4.78 is 13.9. The second-order valence-electron chi connectivity index (χ2n) is 5.05. The Morgan fingerprint density at radius 2 is 2.11 bits per heavy atom. The molecule has 0 atom stereocenters. The fourth-order valence-electron chi connectivity index (χ4n) is 1.70. The highest BCUT2D eigenvalue weighted by Gasteiger charge is 2.07. The summed E-state index contributed by atoms with van der Waals surface area (Å²) in [6, 6.07) is 5.17. The van der Waals surface area contributed by atoms with Crippen molar-refractivity contribution < 1.29 is 4.39 Å². The van der Waals surface area contributed by atoms with Crippen LogP contribution in [0.2, 0.25) is 0 Å². The van der Waals surface area contributed by atoms with Gasteiger partial charge in [0.1, 0.15) is 5.82 Å². The van der Waals surface area contributed by atoms with E-state index in [9.17, 15) is 4.39 Å². The first kappa shape index (κ1) is 15.6. The molecule has 1 rings (SSSR count). The zero-order valence-corrected chi connectivity index (χ0v) is 12.9. The first-order valence-corrected chi connectivity index (χ1v) is 7.12. The molecule has 0 bridgehead atoms. The van der Waals surface area contributed by atoms with Crippen molar-refractivity contribution in [2.24, 2.45) is 5.92 Å². The Morgan fingerprint density at radius 3 is 2.78 bits per heavy atom. The third-order valence-corrected chi connectivity index (χ3v) is 3.58. The van der Waals surface area contributed by atoms with Crippen molar-refractivity contribution in [1.29, 1.82) is 0 Å². The average molecular weight is 317 g/mol. The molecule has 0 saturated heterocycles. The number of hydrogen-bond acceptors (Lipinski definition) is 2. The van der Waals surface area contributed by atoms with Gasteiger partial charge in [-0.05, 0) is 47.1 Å². The zero-order valence-electron chi connectivity index (χ0n) is 11.3. The third kappa shape index (κ3) is 5.46. The summed E-state index contributed by atoms with van der Waals surface area (Å²) in [5, 5.41) is 3.40. The fourth-order valence-corrected chi connectivity index (χ4v) is 2.09. The van der Waals surface area contributed by atoms with E-state index >= 15 is 0 Å². The van der Waals surface area contributed by atoms with Crippen molar-refractivity contribution >= 4 is 15.9 Å². The van der Waals surface area contributed by atoms with Crippen LogP contribution >= 0.6 is 15.9 Å². The molecule has 0 unspecified atom stereocenters. The quantitative estimate of drug-likeness (QED) is 0.777. The summed E-state index contributed by atoms with van der Waals surface area (Å²) in [6.45, 7) is 8.09. The molecule has 0 radical (unpaired) electrons. The summed E-state index contributed by atoms with van der Waals surface area (Å²) in [6.07, 6.45) is 0. The standard InChI is InChI=1S/C14H22BrFN2/c1-11(2)9-17-7-8-18(3)10-12-5-4-6-13(16)14(12)15/h4-6,11,17H,7-10H2,1-3H3. The number of halogens is 2. The molecule has 0 aliphatic heterocycles. The predicted octanol–water partition coefficient (Wildman–Crippen LogP) is 3.27. The fraction of sp³-hybridized carbons (Fsp3) is 0.571. The van der Waals surface area contributed by atoms with Gasteiger partial charge in [0, 0.05) is 19.6 Å². The largest absolute Gasteiger partial charge is 0.315 e. The van der Waals surface area contributed by atoms with Gasteiger partial charge < -0.3 is 10.2 Å². The Balaban J connectivity index is 2.35. The smallest absolute Gasteiger partial charge is 0.137 e. The van der Waals surface area contributed by atoms with Gasteiger partial charge in [0.2, 0.25) is 0 Å². The molecule has 0 saturated carbocycles. The molecule has 0 spiro atoms. The van der Waals surface area contributed by atoms with Gasteiger partial charge in [0.15, 0.2) is 0 Å². The van der Waals surface area contributed by atoms with E-state index in [1.54, 1.807) is 6.07 Å². The van der Waals surface area contributed by atoms with Crippen LogP contribution in [0.25, 0.3) is 0 Å². The van der Waals surface area contributed by atoms with E-state index in [-0.39, 0.29) is 5.82 Å². The summed E-state index contributed by atoms with van der Waals surface area (Å²) >= 11 is 3.29. The van der Waals surface area contributed by atoms with Crippen LogP contribution in [-0.4, -0.2) is 31.6 Å². The Bertz CT molecular complexity index is 369. The van der Waals surface area contributed by atoms with Crippen LogP contribution in [0.15, 0.2) is 22.7 Å². The summed E-state index contributed by atoms with van der Waals surface area (Å²) in [7, 11) is 2.05. The lowest BCUT2D eigenvalue weighted by molar-refractivity contribution is 0.320. The lowest BCUT2D eigenvalue weighted by Gasteiger charge is -2.18. The first-order chi connectivity index (χ1) is 8.50. The number of likely N-dealkylation sites (N-methyl/N-ethyl adjacent to an activating group) is 1. The Morgan fingerprint density at radius 1 is 1.39 bits per heavy atom. The maximum absolute atomic E-state index is 13.3. The van der Waals surface area contributed by atoms with Crippen molar-refractivity contribution in [2.45, 2.75) is 20.4 Å². The highest BCUT2D eigenvalue weighted by Crippen LogP contribution is 2.21. The van der Waals surface area contributed by atoms with E-state index in [2.05, 4.69) is 40.0 Å². The van der Waals surface area contributed by atoms with E-state index in [4.69, 9.17) is 0 Å². The van der Waals surface area contributed by atoms with Crippen molar-refractivity contribution in [3.8, 4) is 0 Å². The van der Waals surface area contributed by atoms with Gasteiger partial charge >= 0.3 is 0 Å². The van der Waals surface area contributed by atoms with E-state index in [0.29, 0.717) is 10.4 Å². The molecule has 0 fully saturated rings. The Kier molecular flexibility index (Phi) is 6.82. The Hall–Kier alpha value is -0.450. The van der Waals surface area contributed by atoms with Crippen LogP contribution in [-0.2, 0) is 6.54 Å². The SMILES string of the molecule is CC(C)CNCCN(C)Cc1cccc(F)c1Br. The van der Waals surface area contributed by atoms with Gasteiger partial charge in [-0.2, -0.15) is 0 Å². The minimum atomic E-state index is -0.196. The summed E-state index contributed by atoms with van der Waals surface area (Å²) in [4.78, 5) is 2.19. The second kappa shape index (κ2) is 7.87. The summed E-state index contributed by atoms with van der Waals surface area (Å²) in [5.74, 6) is 0.478. The number of hydrogen-bond donors (Lipinski definition) is 1. The maximum Gasteiger partial charge on any atom is 0.137 e. The Labute approximate surface area is 118 Å². The molecular weight excluding hydrogens is 295 g/mol. The highest BCUT2D eigenvalue weighted by atomic mass is 79.9. The van der Waals surface area contributed by atoms with E-state index in [1.807, 2.05) is 13.1 Å². The van der Waals surface area contributed by atoms with Crippen molar-refractivity contribution in [3.63, 3.8) is 0 Å². The van der Waals surface area contributed by atoms with Gasteiger partial charge in [0.25, 0.3) is 0 Å². The molecule has 1 N–H and O–H groups in total. The van der Waals surface area contributed by atoms with E-state index in [0.717, 1.165) is 31.7 Å². The molecule has 4 heteroatoms. The summed E-state index contributed by atoms with van der Waals surface area (Å²) in [5.41, 5.74) is 0.987. The van der Waals surface area contributed by atoms with Crippen molar-refractivity contribution in [1.82, 2.24) is 10.2 Å². The monoisotopic (exact) mass is 316 g/mol. The molecule has 0 aliphatic rings. The number of nitrogens with one attached hydrogen (secondary N) is 1. The van der Waals surface area contributed by atoms with Gasteiger partial charge in [0.05, 0.1) is 4.47 Å². The molecule has 18 heavy (non-hydrogen) atoms. The molecule has 0 aliphatic carbocycles. The first-order valence-electron chi connectivity index (χ1n) is 6.33. The van der Waals surface area contributed by atoms with Crippen LogP contribution in [0.5, 0.6) is 0 Å². The molecular formula is C14H22BrFN2. The van der Waals surface area contributed by atoms with Crippen molar-refractivity contribution in [3.05, 3.63) is 34.1 Å². The van der Waals surface area contributed by atoms with E-state index in [1.165, 1.54) is 6.07 Å². The molecule has 2 nitrogen and oxygen atoms in total. The molecule has 0 amide bonds. The van der Waals surface area contributed by atoms with E-state index < -0.39 is 0 Å². The number of benzene rings is 1. The topological polar surface area (TPSA) is 15.3 Å². The maximum atomic E-state index is 13.3. The van der Waals surface area contributed by atoms with Gasteiger partial charge in [-0.15, -0.1) is 0 Å². The van der Waals surface area contributed by atoms with Crippen LogP contribution in [0.3, 0.4) is 0 Å². The highest BCUT2D eigenvalue weighted by molar-refractivity contribution is 9.10. The van der Waals surface area contributed by atoms with Crippen molar-refractivity contribution in [2.75, 3.05) is 26.7 Å². The van der Waals surface area contributed by atoms with Crippen LogP contribution in [0, 0.1) is 11.7 Å². The molecule has 1 aromatic rings. The minimum absolute atomic E-state index is 0.196. The number of nitrogens with zero attached hydrogens (tertiary/aromatic N) is 1. The predicted molar refractivity (Wildman–Crippen MR) is 78.1 cm³/mol. The third-order valence-electron chi connectivity index (χ3n) is 2.69. The molecule has 0 aromatic heterocycles. The minimum Gasteiger partial charge on any atom is -0.315 e. The van der Waals surface area contributed by atoms with Crippen LogP contribution in [0.4, 0.5) is 4.39 Å². The lowest BCUT2D eigenvalue weighted by Crippen LogP contribution is -2.31. The number of rotatable bonds is 7. The molecule has 0 heterocycles. The molecule has 1 aromatic carbocycles. The van der Waals surface area contributed by atoms with Gasteiger partial charge in [-0.25, -0.2) is 4.39 Å². The zero-order chi connectivity index (χ0) is 13.5. The van der Waals surface area contributed by atoms with Crippen LogP contribution < -0.4 is 5.32 Å². The van der Waals surface area contributed by atoms with Gasteiger partial charge in [-0.3, -0.25) is 0 Å². The normalized spacial score (nSPS) is 11.5. The lowest BCUT2D eigenvalue weighted by atomic mass is 10.2. The molecule has 102 valence electrons. The second-order valence-corrected chi connectivity index (χ2v) is 5.84.